The number of rotatable bonds is 3. The first-order valence-electron chi connectivity index (χ1n) is 6.07. The number of amides is 1. The molecule has 0 unspecified atom stereocenters. The molecule has 6 heteroatoms. The van der Waals surface area contributed by atoms with E-state index in [4.69, 9.17) is 4.74 Å². The summed E-state index contributed by atoms with van der Waals surface area (Å²) in [4.78, 5) is 24.7. The Hall–Kier alpha value is -1.56. The lowest BCUT2D eigenvalue weighted by atomic mass is 9.72. The lowest BCUT2D eigenvalue weighted by Crippen LogP contribution is -2.52. The first kappa shape index (κ1) is 12.9. The van der Waals surface area contributed by atoms with Gasteiger partial charge in [-0.3, -0.25) is 4.79 Å². The van der Waals surface area contributed by atoms with Gasteiger partial charge in [0.2, 0.25) is 0 Å². The smallest absolute Gasteiger partial charge is 0.410 e. The van der Waals surface area contributed by atoms with Gasteiger partial charge in [-0.25, -0.2) is 4.79 Å². The van der Waals surface area contributed by atoms with Gasteiger partial charge < -0.3 is 20.1 Å². The largest absolute Gasteiger partial charge is 0.481 e. The molecule has 2 fully saturated rings. The van der Waals surface area contributed by atoms with Gasteiger partial charge in [-0.1, -0.05) is 12.7 Å². The number of hydrogen-bond acceptors (Lipinski definition) is 4. The van der Waals surface area contributed by atoms with Gasteiger partial charge in [-0.2, -0.15) is 0 Å². The summed E-state index contributed by atoms with van der Waals surface area (Å²) in [7, 11) is 0. The maximum atomic E-state index is 11.7. The Bertz CT molecular complexity index is 371. The Balaban J connectivity index is 2.01. The van der Waals surface area contributed by atoms with Gasteiger partial charge in [0.1, 0.15) is 6.61 Å². The SMILES string of the molecule is C=CCOC(=O)N1CC[C@@]2(C(=O)O)CNC[C@H]2C1. The molecular formula is C12H18N2O4. The first-order chi connectivity index (χ1) is 8.60. The fourth-order valence-electron chi connectivity index (χ4n) is 2.78. The van der Waals surface area contributed by atoms with Crippen molar-refractivity contribution in [3.8, 4) is 0 Å². The van der Waals surface area contributed by atoms with Crippen molar-refractivity contribution in [1.82, 2.24) is 10.2 Å². The maximum Gasteiger partial charge on any atom is 0.410 e. The summed E-state index contributed by atoms with van der Waals surface area (Å²) >= 11 is 0. The highest BCUT2D eigenvalue weighted by Crippen LogP contribution is 2.39. The van der Waals surface area contributed by atoms with Crippen LogP contribution < -0.4 is 5.32 Å². The minimum Gasteiger partial charge on any atom is -0.481 e. The van der Waals surface area contributed by atoms with Crippen LogP contribution in [0.4, 0.5) is 4.79 Å². The first-order valence-corrected chi connectivity index (χ1v) is 6.07. The summed E-state index contributed by atoms with van der Waals surface area (Å²) in [5.74, 6) is -0.809. The Kier molecular flexibility index (Phi) is 3.56. The summed E-state index contributed by atoms with van der Waals surface area (Å²) in [6, 6.07) is 0. The zero-order chi connectivity index (χ0) is 13.2. The Labute approximate surface area is 106 Å². The predicted octanol–water partition coefficient (Wildman–Crippen LogP) is 0.305. The van der Waals surface area contributed by atoms with Gasteiger partial charge in [0, 0.05) is 32.1 Å². The van der Waals surface area contributed by atoms with E-state index in [0.717, 1.165) is 0 Å². The third kappa shape index (κ3) is 2.08. The Morgan fingerprint density at radius 3 is 3.06 bits per heavy atom. The van der Waals surface area contributed by atoms with Crippen molar-refractivity contribution in [2.45, 2.75) is 6.42 Å². The van der Waals surface area contributed by atoms with Crippen LogP contribution in [0.2, 0.25) is 0 Å². The molecule has 0 bridgehead atoms. The maximum absolute atomic E-state index is 11.7. The van der Waals surface area contributed by atoms with Crippen LogP contribution in [0.3, 0.4) is 0 Å². The summed E-state index contributed by atoms with van der Waals surface area (Å²) in [5.41, 5.74) is -0.713. The molecule has 2 heterocycles. The van der Waals surface area contributed by atoms with Crippen molar-refractivity contribution < 1.29 is 19.4 Å². The molecule has 2 aliphatic heterocycles. The molecule has 6 nitrogen and oxygen atoms in total. The molecule has 0 aliphatic carbocycles. The van der Waals surface area contributed by atoms with E-state index in [9.17, 15) is 14.7 Å². The minimum atomic E-state index is -0.767. The third-order valence-corrected chi connectivity index (χ3v) is 3.89. The molecule has 2 rings (SSSR count). The second-order valence-electron chi connectivity index (χ2n) is 4.85. The number of likely N-dealkylation sites (tertiary alicyclic amines) is 1. The van der Waals surface area contributed by atoms with Crippen LogP contribution in [-0.2, 0) is 9.53 Å². The average molecular weight is 254 g/mol. The highest BCUT2D eigenvalue weighted by molar-refractivity contribution is 5.77. The van der Waals surface area contributed by atoms with Crippen molar-refractivity contribution >= 4 is 12.1 Å². The monoisotopic (exact) mass is 254 g/mol. The minimum absolute atomic E-state index is 0.0416. The van der Waals surface area contributed by atoms with E-state index in [2.05, 4.69) is 11.9 Å². The molecular weight excluding hydrogens is 236 g/mol. The van der Waals surface area contributed by atoms with E-state index in [1.54, 1.807) is 4.90 Å². The second kappa shape index (κ2) is 4.97. The van der Waals surface area contributed by atoms with Crippen LogP contribution in [0.15, 0.2) is 12.7 Å². The Morgan fingerprint density at radius 1 is 1.61 bits per heavy atom. The molecule has 0 radical (unpaired) electrons. The third-order valence-electron chi connectivity index (χ3n) is 3.89. The molecule has 0 aromatic carbocycles. The van der Waals surface area contributed by atoms with Crippen molar-refractivity contribution in [2.24, 2.45) is 11.3 Å². The number of carboxylic acids is 1. The summed E-state index contributed by atoms with van der Waals surface area (Å²) in [6.45, 7) is 5.66. The van der Waals surface area contributed by atoms with Gasteiger partial charge in [0.05, 0.1) is 5.41 Å². The molecule has 2 N–H and O–H groups in total. The lowest BCUT2D eigenvalue weighted by molar-refractivity contribution is -0.153. The number of ether oxygens (including phenoxy) is 1. The second-order valence-corrected chi connectivity index (χ2v) is 4.85. The highest BCUT2D eigenvalue weighted by Gasteiger charge is 2.52. The molecule has 2 atom stereocenters. The highest BCUT2D eigenvalue weighted by atomic mass is 16.6. The van der Waals surface area contributed by atoms with Crippen molar-refractivity contribution in [3.63, 3.8) is 0 Å². The predicted molar refractivity (Wildman–Crippen MR) is 64.2 cm³/mol. The number of nitrogens with zero attached hydrogens (tertiary/aromatic N) is 1. The molecule has 0 aromatic heterocycles. The fourth-order valence-corrected chi connectivity index (χ4v) is 2.78. The molecule has 2 aliphatic rings. The Morgan fingerprint density at radius 2 is 2.39 bits per heavy atom. The van der Waals surface area contributed by atoms with Crippen molar-refractivity contribution in [2.75, 3.05) is 32.8 Å². The lowest BCUT2D eigenvalue weighted by Gasteiger charge is -2.40. The van der Waals surface area contributed by atoms with E-state index < -0.39 is 11.4 Å². The standard InChI is InChI=1S/C12H18N2O4/c1-2-5-18-11(17)14-4-3-12(10(15)16)8-13-6-9(12)7-14/h2,9,13H,1,3-8H2,(H,15,16)/t9-,12+/m0/s1. The van der Waals surface area contributed by atoms with Gasteiger partial charge in [0.25, 0.3) is 0 Å². The number of carboxylic acid groups (broad SMARTS) is 1. The molecule has 100 valence electrons. The fraction of sp³-hybridized carbons (Fsp3) is 0.667. The number of nitrogens with one attached hydrogen (secondary N) is 1. The number of piperidine rings is 1. The van der Waals surface area contributed by atoms with Crippen LogP contribution in [0.1, 0.15) is 6.42 Å². The number of fused-ring (bicyclic) bond motifs is 1. The van der Waals surface area contributed by atoms with Crippen LogP contribution in [0.25, 0.3) is 0 Å². The normalized spacial score (nSPS) is 30.7. The number of carbonyl (C=O) groups excluding carboxylic acids is 1. The molecule has 0 aromatic rings. The quantitative estimate of drug-likeness (QED) is 0.708. The zero-order valence-corrected chi connectivity index (χ0v) is 10.2. The molecule has 18 heavy (non-hydrogen) atoms. The van der Waals surface area contributed by atoms with E-state index >= 15 is 0 Å². The van der Waals surface area contributed by atoms with Crippen molar-refractivity contribution in [3.05, 3.63) is 12.7 Å². The number of carbonyl (C=O) groups is 2. The van der Waals surface area contributed by atoms with Crippen molar-refractivity contribution in [1.29, 1.82) is 0 Å². The van der Waals surface area contributed by atoms with Crippen LogP contribution in [0.5, 0.6) is 0 Å². The topological polar surface area (TPSA) is 78.9 Å². The number of aliphatic carboxylic acids is 1. The van der Waals surface area contributed by atoms with E-state index in [1.807, 2.05) is 0 Å². The van der Waals surface area contributed by atoms with Crippen LogP contribution in [0, 0.1) is 11.3 Å². The zero-order valence-electron chi connectivity index (χ0n) is 10.2. The molecule has 0 saturated carbocycles. The van der Waals surface area contributed by atoms with Gasteiger partial charge >= 0.3 is 12.1 Å². The van der Waals surface area contributed by atoms with Gasteiger partial charge in [-0.15, -0.1) is 0 Å². The van der Waals surface area contributed by atoms with E-state index in [-0.39, 0.29) is 18.6 Å². The van der Waals surface area contributed by atoms with Gasteiger partial charge in [-0.05, 0) is 6.42 Å². The van der Waals surface area contributed by atoms with Crippen LogP contribution in [-0.4, -0.2) is 54.9 Å². The van der Waals surface area contributed by atoms with E-state index in [1.165, 1.54) is 6.08 Å². The molecule has 2 saturated heterocycles. The average Bonchev–Trinajstić information content (AvgIpc) is 2.79. The molecule has 1 amide bonds. The summed E-state index contributed by atoms with van der Waals surface area (Å²) in [6.07, 6.45) is 1.60. The van der Waals surface area contributed by atoms with Gasteiger partial charge in [0.15, 0.2) is 0 Å². The van der Waals surface area contributed by atoms with Crippen LogP contribution >= 0.6 is 0 Å². The summed E-state index contributed by atoms with van der Waals surface area (Å²) in [5, 5.41) is 12.5. The van der Waals surface area contributed by atoms with E-state index in [0.29, 0.717) is 32.6 Å². The summed E-state index contributed by atoms with van der Waals surface area (Å²) < 4.78 is 4.97. The molecule has 0 spiro atoms. The number of hydrogen-bond donors (Lipinski definition) is 2.